The number of esters is 2. The molecular weight excluding hydrogens is 1050 g/mol. The molecule has 0 bridgehead atoms. The largest absolute Gasteiger partial charge is 0.516 e. The summed E-state index contributed by atoms with van der Waals surface area (Å²) < 4.78 is 31.4. The molecule has 1 saturated heterocycles. The molecule has 1 aliphatic rings. The first-order valence-corrected chi connectivity index (χ1v) is 21.9. The summed E-state index contributed by atoms with van der Waals surface area (Å²) in [4.78, 5) is 24.2. The second-order valence-corrected chi connectivity index (χ2v) is 18.3. The first-order valence-electron chi connectivity index (χ1n) is 19.2. The van der Waals surface area contributed by atoms with E-state index < -0.39 is 11.9 Å². The molecule has 0 radical (unpaired) electrons. The average Bonchev–Trinajstić information content (AvgIpc) is 4.07. The maximum Gasteiger partial charge on any atom is 0.516 e. The van der Waals surface area contributed by atoms with Crippen molar-refractivity contribution in [3.8, 4) is 22.6 Å². The zero-order valence-corrected chi connectivity index (χ0v) is 40.5. The first-order chi connectivity index (χ1) is 29.5. The van der Waals surface area contributed by atoms with Gasteiger partial charge in [-0.1, -0.05) is 57.5 Å². The number of hydrogen-bond acceptors (Lipinski definition) is 10. The Balaban J connectivity index is 0.000000162. The molecule has 8 aromatic rings. The standard InChI is InChI=1S/C19H15BrN4O2.C15H10BrIN2O2.C10H17BN2O2.CH4/c1-23-9-8-16(21-23)12-6-7-17-15(10-12)18(19(25)26-2)22-24(17)14-5-3-4-13(20)11-14;1-21-15(20)14-12-8-10(17)5-6-13(12)19(18-14)11-4-2-3-9(16)7-11;1-9(2)10(3,4)15-11(14-9)8-6-7-13(5)12-8;/h3-11H,1-2H3;2-8H,1H3;6-7H,1-5H3;1H4. The first kappa shape index (κ1) is 47.3. The van der Waals surface area contributed by atoms with E-state index in [0.29, 0.717) is 5.69 Å². The molecule has 18 heteroatoms. The van der Waals surface area contributed by atoms with Gasteiger partial charge >= 0.3 is 19.1 Å². The Morgan fingerprint density at radius 3 is 1.60 bits per heavy atom. The molecule has 4 aromatic carbocycles. The van der Waals surface area contributed by atoms with E-state index >= 15 is 0 Å². The minimum absolute atomic E-state index is 0. The van der Waals surface area contributed by atoms with E-state index in [4.69, 9.17) is 18.8 Å². The van der Waals surface area contributed by atoms with Gasteiger partial charge in [-0.05, 0) is 129 Å². The number of methoxy groups -OCH3 is 2. The van der Waals surface area contributed by atoms with Crippen LogP contribution in [0.5, 0.6) is 0 Å². The van der Waals surface area contributed by atoms with Crippen molar-refractivity contribution in [3.63, 3.8) is 0 Å². The summed E-state index contributed by atoms with van der Waals surface area (Å²) in [6.45, 7) is 8.15. The van der Waals surface area contributed by atoms with Crippen molar-refractivity contribution < 1.29 is 28.4 Å². The summed E-state index contributed by atoms with van der Waals surface area (Å²) in [6, 6.07) is 31.1. The van der Waals surface area contributed by atoms with Gasteiger partial charge in [0.1, 0.15) is 0 Å². The zero-order chi connectivity index (χ0) is 44.5. The molecule has 0 spiro atoms. The molecule has 5 heterocycles. The van der Waals surface area contributed by atoms with E-state index in [1.807, 2.05) is 151 Å². The number of halogens is 3. The Bertz CT molecular complexity index is 2930. The van der Waals surface area contributed by atoms with Crippen LogP contribution in [0.4, 0.5) is 0 Å². The van der Waals surface area contributed by atoms with Gasteiger partial charge in [-0.15, -0.1) is 0 Å². The molecule has 0 unspecified atom stereocenters. The molecule has 0 atom stereocenters. The van der Waals surface area contributed by atoms with Gasteiger partial charge in [0.05, 0.1) is 59.1 Å². The van der Waals surface area contributed by atoms with Crippen LogP contribution in [0.1, 0.15) is 56.1 Å². The van der Waals surface area contributed by atoms with Crippen molar-refractivity contribution in [2.24, 2.45) is 14.1 Å². The van der Waals surface area contributed by atoms with Crippen LogP contribution >= 0.6 is 54.5 Å². The lowest BCUT2D eigenvalue weighted by Gasteiger charge is -2.32. The van der Waals surface area contributed by atoms with E-state index in [1.54, 1.807) is 18.7 Å². The Morgan fingerprint density at radius 2 is 1.14 bits per heavy atom. The van der Waals surface area contributed by atoms with Crippen LogP contribution in [-0.2, 0) is 32.9 Å². The smallest absolute Gasteiger partial charge is 0.464 e. The van der Waals surface area contributed by atoms with Gasteiger partial charge in [0.25, 0.3) is 0 Å². The fourth-order valence-corrected chi connectivity index (χ4v) is 7.83. The summed E-state index contributed by atoms with van der Waals surface area (Å²) in [5.74, 6) is -0.905. The molecule has 4 aromatic heterocycles. The van der Waals surface area contributed by atoms with E-state index in [2.05, 4.69) is 74.8 Å². The topological polar surface area (TPSA) is 142 Å². The fraction of sp³-hybridized carbons (Fsp3) is 0.244. The van der Waals surface area contributed by atoms with Gasteiger partial charge < -0.3 is 18.8 Å². The van der Waals surface area contributed by atoms with Crippen molar-refractivity contribution in [1.82, 2.24) is 39.1 Å². The van der Waals surface area contributed by atoms with Gasteiger partial charge in [0, 0.05) is 55.3 Å². The molecule has 0 amide bonds. The van der Waals surface area contributed by atoms with E-state index in [-0.39, 0.29) is 31.4 Å². The Hall–Kier alpha value is -5.15. The Kier molecular flexibility index (Phi) is 14.5. The lowest BCUT2D eigenvalue weighted by molar-refractivity contribution is 0.00578. The van der Waals surface area contributed by atoms with Crippen molar-refractivity contribution >= 4 is 101 Å². The Morgan fingerprint density at radius 1 is 0.651 bits per heavy atom. The fourth-order valence-electron chi connectivity index (χ4n) is 6.56. The number of aryl methyl sites for hydroxylation is 2. The highest BCUT2D eigenvalue weighted by Crippen LogP contribution is 2.36. The van der Waals surface area contributed by atoms with Gasteiger partial charge in [-0.2, -0.15) is 20.4 Å². The Labute approximate surface area is 396 Å². The van der Waals surface area contributed by atoms with Crippen LogP contribution in [0.25, 0.3) is 44.4 Å². The van der Waals surface area contributed by atoms with Crippen molar-refractivity contribution in [2.45, 2.75) is 46.3 Å². The van der Waals surface area contributed by atoms with E-state index in [1.165, 1.54) is 14.2 Å². The number of fused-ring (bicyclic) bond motifs is 2. The van der Waals surface area contributed by atoms with Crippen LogP contribution in [0.2, 0.25) is 0 Å². The normalized spacial score (nSPS) is 13.7. The predicted octanol–water partition coefficient (Wildman–Crippen LogP) is 9.51. The van der Waals surface area contributed by atoms with Crippen LogP contribution in [0.15, 0.2) is 118 Å². The summed E-state index contributed by atoms with van der Waals surface area (Å²) in [5, 5.41) is 19.2. The number of aromatic nitrogens is 8. The SMILES string of the molecule is C.COC(=O)c1nn(-c2cccc(Br)c2)c2ccc(-c3ccn(C)n3)cc12.COC(=O)c1nn(-c2cccc(Br)c2)c2ccc(I)cc12.Cn1ccc(B2OC(C)(C)C(C)(C)O2)n1. The maximum absolute atomic E-state index is 12.3. The molecule has 63 heavy (non-hydrogen) atoms. The van der Waals surface area contributed by atoms with Crippen LogP contribution in [-0.4, -0.2) is 83.6 Å². The molecule has 1 fully saturated rings. The number of carbonyl (C=O) groups is 2. The quantitative estimate of drug-likeness (QED) is 0.0898. The second kappa shape index (κ2) is 19.3. The summed E-state index contributed by atoms with van der Waals surface area (Å²) in [7, 11) is 6.12. The molecule has 0 N–H and O–H groups in total. The maximum atomic E-state index is 12.3. The lowest BCUT2D eigenvalue weighted by Crippen LogP contribution is -2.41. The summed E-state index contributed by atoms with van der Waals surface area (Å²) in [5.41, 5.74) is 6.01. The zero-order valence-electron chi connectivity index (χ0n) is 35.1. The minimum Gasteiger partial charge on any atom is -0.464 e. The summed E-state index contributed by atoms with van der Waals surface area (Å²) in [6.07, 6.45) is 3.77. The highest BCUT2D eigenvalue weighted by Gasteiger charge is 2.52. The van der Waals surface area contributed by atoms with Crippen molar-refractivity contribution in [3.05, 3.63) is 133 Å². The van der Waals surface area contributed by atoms with Crippen molar-refractivity contribution in [2.75, 3.05) is 14.2 Å². The second-order valence-electron chi connectivity index (χ2n) is 15.2. The molecule has 14 nitrogen and oxygen atoms in total. The van der Waals surface area contributed by atoms with Crippen LogP contribution < -0.4 is 5.59 Å². The van der Waals surface area contributed by atoms with Crippen LogP contribution in [0.3, 0.4) is 0 Å². The van der Waals surface area contributed by atoms with E-state index in [0.717, 1.165) is 62.5 Å². The van der Waals surface area contributed by atoms with E-state index in [9.17, 15) is 9.59 Å². The third kappa shape index (κ3) is 10.1. The number of ether oxygens (including phenoxy) is 2. The molecule has 1 aliphatic heterocycles. The van der Waals surface area contributed by atoms with Gasteiger partial charge in [0.15, 0.2) is 11.4 Å². The monoisotopic (exact) mass is 1090 g/mol. The minimum atomic E-state index is -0.470. The average molecular weight is 1090 g/mol. The van der Waals surface area contributed by atoms with Crippen molar-refractivity contribution in [1.29, 1.82) is 0 Å². The number of carbonyl (C=O) groups excluding carboxylic acids is 2. The van der Waals surface area contributed by atoms with Crippen LogP contribution in [0, 0.1) is 3.57 Å². The van der Waals surface area contributed by atoms with Gasteiger partial charge in [-0.3, -0.25) is 9.36 Å². The van der Waals surface area contributed by atoms with Gasteiger partial charge in [0.2, 0.25) is 0 Å². The molecule has 326 valence electrons. The van der Waals surface area contributed by atoms with Gasteiger partial charge in [-0.25, -0.2) is 19.0 Å². The number of nitrogens with zero attached hydrogens (tertiary/aromatic N) is 8. The molecule has 9 rings (SSSR count). The molecule has 0 aliphatic carbocycles. The predicted molar refractivity (Wildman–Crippen MR) is 261 cm³/mol. The highest BCUT2D eigenvalue weighted by atomic mass is 127. The third-order valence-electron chi connectivity index (χ3n) is 10.4. The summed E-state index contributed by atoms with van der Waals surface area (Å²) >= 11 is 9.14. The third-order valence-corrected chi connectivity index (χ3v) is 12.1. The molecule has 0 saturated carbocycles. The number of rotatable bonds is 6. The highest BCUT2D eigenvalue weighted by molar-refractivity contribution is 14.1. The number of benzene rings is 4. The number of hydrogen-bond donors (Lipinski definition) is 0. The molecular formula is C45H46BBr2IN8O6. The lowest BCUT2D eigenvalue weighted by atomic mass is 9.85.